The van der Waals surface area contributed by atoms with Crippen molar-refractivity contribution in [2.75, 3.05) is 5.43 Å². The van der Waals surface area contributed by atoms with Crippen LogP contribution in [-0.2, 0) is 7.05 Å². The second-order valence-electron chi connectivity index (χ2n) is 5.84. The summed E-state index contributed by atoms with van der Waals surface area (Å²) in [6.07, 6.45) is 3.62. The Balaban J connectivity index is 1.59. The minimum atomic E-state index is 0.337. The molecular formula is C19H14Br2N6. The first-order valence-corrected chi connectivity index (χ1v) is 9.70. The molecule has 0 amide bonds. The Bertz CT molecular complexity index is 1180. The minimum absolute atomic E-state index is 0.337. The second-order valence-corrected chi connectivity index (χ2v) is 7.67. The van der Waals surface area contributed by atoms with E-state index in [1.807, 2.05) is 66.2 Å². The number of halogens is 2. The molecule has 6 nitrogen and oxygen atoms in total. The third kappa shape index (κ3) is 3.77. The van der Waals surface area contributed by atoms with E-state index >= 15 is 0 Å². The maximum atomic E-state index is 4.54. The lowest BCUT2D eigenvalue weighted by Gasteiger charge is -1.99. The largest absolute Gasteiger partial charge is 0.327 e. The molecule has 0 atom stereocenters. The highest BCUT2D eigenvalue weighted by Gasteiger charge is 2.12. The van der Waals surface area contributed by atoms with Crippen LogP contribution in [-0.4, -0.2) is 26.0 Å². The zero-order valence-electron chi connectivity index (χ0n) is 14.3. The van der Waals surface area contributed by atoms with Gasteiger partial charge in [-0.15, -0.1) is 10.2 Å². The summed E-state index contributed by atoms with van der Waals surface area (Å²) in [5, 5.41) is 13.6. The average Bonchev–Trinajstić information content (AvgIpc) is 2.94. The Morgan fingerprint density at radius 3 is 2.78 bits per heavy atom. The molecule has 1 N–H and O–H groups in total. The summed E-state index contributed by atoms with van der Waals surface area (Å²) in [6, 6.07) is 16.0. The van der Waals surface area contributed by atoms with Gasteiger partial charge in [0.05, 0.1) is 11.7 Å². The highest BCUT2D eigenvalue weighted by Crippen LogP contribution is 2.28. The van der Waals surface area contributed by atoms with Crippen LogP contribution in [0.4, 0.5) is 5.95 Å². The van der Waals surface area contributed by atoms with E-state index in [1.165, 1.54) is 0 Å². The molecule has 0 fully saturated rings. The zero-order chi connectivity index (χ0) is 18.8. The Morgan fingerprint density at radius 2 is 1.96 bits per heavy atom. The number of rotatable bonds is 4. The van der Waals surface area contributed by atoms with Crippen LogP contribution >= 0.6 is 31.9 Å². The molecule has 8 heteroatoms. The first-order chi connectivity index (χ1) is 13.1. The molecule has 2 heterocycles. The number of anilines is 1. The van der Waals surface area contributed by atoms with E-state index in [4.69, 9.17) is 0 Å². The Labute approximate surface area is 172 Å². The first kappa shape index (κ1) is 17.8. The fraction of sp³-hybridized carbons (Fsp3) is 0.0526. The van der Waals surface area contributed by atoms with E-state index in [1.54, 1.807) is 6.21 Å². The van der Waals surface area contributed by atoms with Crippen LogP contribution in [0.2, 0.25) is 0 Å². The molecule has 2 aromatic heterocycles. The fourth-order valence-corrected chi connectivity index (χ4v) is 3.50. The van der Waals surface area contributed by atoms with Gasteiger partial charge in [-0.3, -0.25) is 0 Å². The van der Waals surface area contributed by atoms with Crippen molar-refractivity contribution in [3.8, 4) is 0 Å². The summed E-state index contributed by atoms with van der Waals surface area (Å²) >= 11 is 6.97. The molecule has 0 aliphatic heterocycles. The van der Waals surface area contributed by atoms with Crippen molar-refractivity contribution < 1.29 is 0 Å². The molecule has 0 bridgehead atoms. The predicted molar refractivity (Wildman–Crippen MR) is 117 cm³/mol. The van der Waals surface area contributed by atoms with Gasteiger partial charge in [-0.05, 0) is 45.8 Å². The van der Waals surface area contributed by atoms with E-state index in [0.717, 1.165) is 36.6 Å². The number of aryl methyl sites for hydroxylation is 1. The first-order valence-electron chi connectivity index (χ1n) is 8.11. The highest BCUT2D eigenvalue weighted by atomic mass is 79.9. The third-order valence-electron chi connectivity index (χ3n) is 4.02. The minimum Gasteiger partial charge on any atom is -0.327 e. The molecule has 0 aliphatic carbocycles. The fourth-order valence-electron chi connectivity index (χ4n) is 2.78. The van der Waals surface area contributed by atoms with Gasteiger partial charge < -0.3 is 4.57 Å². The molecule has 0 saturated heterocycles. The number of aromatic nitrogens is 4. The molecule has 2 aromatic carbocycles. The normalized spacial score (nSPS) is 12.3. The van der Waals surface area contributed by atoms with Crippen LogP contribution in [0.25, 0.3) is 28.1 Å². The van der Waals surface area contributed by atoms with Gasteiger partial charge >= 0.3 is 0 Å². The smallest absolute Gasteiger partial charge is 0.265 e. The second kappa shape index (κ2) is 7.58. The number of allylic oxidation sites excluding steroid dienone is 1. The standard InChI is InChI=1S/C19H14Br2N6/c1-27-16-8-7-13(20)10-15(16)17-18(27)23-19(26-24-17)25-22-11-14(21)9-12-5-3-2-4-6-12/h2-11H,1H3,(H,23,25,26). The van der Waals surface area contributed by atoms with Crippen LogP contribution in [0.3, 0.4) is 0 Å². The van der Waals surface area contributed by atoms with E-state index in [0.29, 0.717) is 5.95 Å². The molecule has 27 heavy (non-hydrogen) atoms. The van der Waals surface area contributed by atoms with Crippen molar-refractivity contribution in [3.63, 3.8) is 0 Å². The maximum Gasteiger partial charge on any atom is 0.265 e. The van der Waals surface area contributed by atoms with Gasteiger partial charge in [0.2, 0.25) is 0 Å². The zero-order valence-corrected chi connectivity index (χ0v) is 17.4. The number of benzene rings is 2. The summed E-state index contributed by atoms with van der Waals surface area (Å²) in [6.45, 7) is 0. The average molecular weight is 486 g/mol. The van der Waals surface area contributed by atoms with Gasteiger partial charge in [-0.2, -0.15) is 10.1 Å². The molecular weight excluding hydrogens is 472 g/mol. The maximum absolute atomic E-state index is 4.54. The summed E-state index contributed by atoms with van der Waals surface area (Å²) in [4.78, 5) is 4.54. The monoisotopic (exact) mass is 484 g/mol. The number of nitrogens with zero attached hydrogens (tertiary/aromatic N) is 5. The molecule has 4 aromatic rings. The van der Waals surface area contributed by atoms with Gasteiger partial charge in [0.15, 0.2) is 5.65 Å². The third-order valence-corrected chi connectivity index (χ3v) is 4.94. The van der Waals surface area contributed by atoms with Crippen molar-refractivity contribution in [2.45, 2.75) is 0 Å². The Kier molecular flexibility index (Phi) is 5.00. The quantitative estimate of drug-likeness (QED) is 0.322. The summed E-state index contributed by atoms with van der Waals surface area (Å²) in [5.74, 6) is 0.337. The van der Waals surface area contributed by atoms with Crippen molar-refractivity contribution in [1.29, 1.82) is 0 Å². The number of hydrogen-bond donors (Lipinski definition) is 1. The SMILES string of the molecule is Cn1c2ccc(Br)cc2c2nnc(NN=CC(Br)=Cc3ccccc3)nc21. The van der Waals surface area contributed by atoms with Gasteiger partial charge in [-0.1, -0.05) is 46.3 Å². The van der Waals surface area contributed by atoms with Crippen LogP contribution in [0.1, 0.15) is 5.56 Å². The molecule has 0 unspecified atom stereocenters. The topological polar surface area (TPSA) is 68.0 Å². The number of fused-ring (bicyclic) bond motifs is 3. The molecule has 0 saturated carbocycles. The Morgan fingerprint density at radius 1 is 1.15 bits per heavy atom. The van der Waals surface area contributed by atoms with Crippen molar-refractivity contribution >= 4 is 72.2 Å². The van der Waals surface area contributed by atoms with E-state index in [2.05, 4.69) is 57.6 Å². The van der Waals surface area contributed by atoms with Crippen LogP contribution in [0.15, 0.2) is 62.6 Å². The summed E-state index contributed by atoms with van der Waals surface area (Å²) in [5.41, 5.74) is 6.46. The van der Waals surface area contributed by atoms with E-state index < -0.39 is 0 Å². The molecule has 134 valence electrons. The summed E-state index contributed by atoms with van der Waals surface area (Å²) in [7, 11) is 1.96. The lowest BCUT2D eigenvalue weighted by molar-refractivity contribution is 0.949. The molecule has 0 aliphatic rings. The summed E-state index contributed by atoms with van der Waals surface area (Å²) < 4.78 is 3.81. The van der Waals surface area contributed by atoms with Gasteiger partial charge in [0, 0.05) is 21.4 Å². The lowest BCUT2D eigenvalue weighted by Crippen LogP contribution is -2.00. The number of hydrogen-bond acceptors (Lipinski definition) is 5. The molecule has 0 spiro atoms. The van der Waals surface area contributed by atoms with E-state index in [9.17, 15) is 0 Å². The van der Waals surface area contributed by atoms with Crippen molar-refractivity contribution in [3.05, 3.63) is 63.0 Å². The highest BCUT2D eigenvalue weighted by molar-refractivity contribution is 9.12. The van der Waals surface area contributed by atoms with Crippen LogP contribution in [0, 0.1) is 0 Å². The number of hydrazone groups is 1. The van der Waals surface area contributed by atoms with Gasteiger partial charge in [-0.25, -0.2) is 5.43 Å². The van der Waals surface area contributed by atoms with Crippen LogP contribution < -0.4 is 5.43 Å². The number of nitrogens with one attached hydrogen (secondary N) is 1. The van der Waals surface area contributed by atoms with Crippen LogP contribution in [0.5, 0.6) is 0 Å². The Hall–Kier alpha value is -2.58. The lowest BCUT2D eigenvalue weighted by atomic mass is 10.2. The van der Waals surface area contributed by atoms with E-state index in [-0.39, 0.29) is 0 Å². The molecule has 0 radical (unpaired) electrons. The molecule has 4 rings (SSSR count). The van der Waals surface area contributed by atoms with Crippen molar-refractivity contribution in [2.24, 2.45) is 12.1 Å². The van der Waals surface area contributed by atoms with Crippen molar-refractivity contribution in [1.82, 2.24) is 19.7 Å². The van der Waals surface area contributed by atoms with Gasteiger partial charge in [0.25, 0.3) is 5.95 Å². The predicted octanol–water partition coefficient (Wildman–Crippen LogP) is 5.11. The van der Waals surface area contributed by atoms with Gasteiger partial charge in [0.1, 0.15) is 5.52 Å².